The number of hydrogen-bond acceptors (Lipinski definition) is 6. The van der Waals surface area contributed by atoms with Gasteiger partial charge >= 0.3 is 5.97 Å². The second-order valence-corrected chi connectivity index (χ2v) is 5.88. The van der Waals surface area contributed by atoms with Crippen molar-refractivity contribution in [2.75, 3.05) is 11.9 Å². The van der Waals surface area contributed by atoms with Crippen LogP contribution in [-0.2, 0) is 6.42 Å². The quantitative estimate of drug-likeness (QED) is 0.544. The molecule has 8 nitrogen and oxygen atoms in total. The summed E-state index contributed by atoms with van der Waals surface area (Å²) in [5, 5.41) is 12.1. The highest BCUT2D eigenvalue weighted by molar-refractivity contribution is 5.87. The van der Waals surface area contributed by atoms with E-state index in [1.165, 1.54) is 0 Å². The van der Waals surface area contributed by atoms with Crippen LogP contribution in [0.2, 0.25) is 0 Å². The number of rotatable bonds is 6. The highest BCUT2D eigenvalue weighted by Crippen LogP contribution is 2.18. The Morgan fingerprint density at radius 1 is 1.07 bits per heavy atom. The fourth-order valence-electron chi connectivity index (χ4n) is 2.74. The highest BCUT2D eigenvalue weighted by atomic mass is 16.4. The summed E-state index contributed by atoms with van der Waals surface area (Å²) in [4.78, 5) is 28.2. The van der Waals surface area contributed by atoms with Crippen molar-refractivity contribution in [3.8, 4) is 11.4 Å². The van der Waals surface area contributed by atoms with Crippen LogP contribution in [0, 0.1) is 0 Å². The molecule has 0 spiro atoms. The smallest absolute Gasteiger partial charge is 0.335 e. The van der Waals surface area contributed by atoms with E-state index in [1.54, 1.807) is 30.7 Å². The molecule has 2 N–H and O–H groups in total. The molecule has 3 heterocycles. The van der Waals surface area contributed by atoms with Crippen molar-refractivity contribution in [1.29, 1.82) is 0 Å². The number of hydrogen-bond donors (Lipinski definition) is 2. The number of anilines is 1. The largest absolute Gasteiger partial charge is 0.478 e. The van der Waals surface area contributed by atoms with Crippen LogP contribution in [0.5, 0.6) is 0 Å². The molecule has 0 atom stereocenters. The van der Waals surface area contributed by atoms with Crippen LogP contribution in [0.15, 0.2) is 61.2 Å². The molecule has 0 bridgehead atoms. The SMILES string of the molecule is O=C(O)c1ccc(CCNc2nccc(-c3cnc4ncccn34)n2)cc1. The van der Waals surface area contributed by atoms with E-state index in [9.17, 15) is 4.79 Å². The number of carboxylic acid groups (broad SMARTS) is 1. The number of fused-ring (bicyclic) bond motifs is 1. The van der Waals surface area contributed by atoms with Crippen LogP contribution in [0.25, 0.3) is 17.2 Å². The summed E-state index contributed by atoms with van der Waals surface area (Å²) in [6.07, 6.45) is 7.75. The van der Waals surface area contributed by atoms with Gasteiger partial charge in [-0.3, -0.25) is 4.40 Å². The first-order valence-electron chi connectivity index (χ1n) is 8.38. The first-order valence-corrected chi connectivity index (χ1v) is 8.38. The number of carboxylic acids is 1. The molecule has 1 aromatic carbocycles. The molecule has 4 rings (SSSR count). The predicted octanol–water partition coefficient (Wildman–Crippen LogP) is 2.54. The zero-order valence-electron chi connectivity index (χ0n) is 14.3. The van der Waals surface area contributed by atoms with Crippen LogP contribution in [0.1, 0.15) is 15.9 Å². The van der Waals surface area contributed by atoms with Gasteiger partial charge in [0, 0.05) is 25.1 Å². The molecule has 0 unspecified atom stereocenters. The van der Waals surface area contributed by atoms with Gasteiger partial charge in [0.25, 0.3) is 0 Å². The van der Waals surface area contributed by atoms with E-state index in [4.69, 9.17) is 5.11 Å². The Kier molecular flexibility index (Phi) is 4.44. The summed E-state index contributed by atoms with van der Waals surface area (Å²) in [6, 6.07) is 10.5. The molecular weight excluding hydrogens is 344 g/mol. The molecular formula is C19H16N6O2. The van der Waals surface area contributed by atoms with Crippen LogP contribution in [-0.4, -0.2) is 42.0 Å². The molecule has 0 amide bonds. The fraction of sp³-hybridized carbons (Fsp3) is 0.105. The maximum atomic E-state index is 10.9. The van der Waals surface area contributed by atoms with Crippen LogP contribution >= 0.6 is 0 Å². The molecule has 0 radical (unpaired) electrons. The van der Waals surface area contributed by atoms with Gasteiger partial charge in [0.1, 0.15) is 0 Å². The standard InChI is InChI=1S/C19H16N6O2/c26-17(27)14-4-2-13(3-5-14)6-9-20-18-21-10-7-15(24-18)16-12-23-19-22-8-1-11-25(16)19/h1-5,7-8,10-12H,6,9H2,(H,26,27)(H,20,21,24). The minimum Gasteiger partial charge on any atom is -0.478 e. The summed E-state index contributed by atoms with van der Waals surface area (Å²) in [5.74, 6) is 0.214. The van der Waals surface area contributed by atoms with E-state index in [2.05, 4.69) is 25.3 Å². The van der Waals surface area contributed by atoms with E-state index >= 15 is 0 Å². The summed E-state index contributed by atoms with van der Waals surface area (Å²) in [5.41, 5.74) is 2.91. The zero-order chi connectivity index (χ0) is 18.6. The molecule has 0 aliphatic carbocycles. The lowest BCUT2D eigenvalue weighted by atomic mass is 10.1. The normalized spacial score (nSPS) is 10.8. The molecule has 27 heavy (non-hydrogen) atoms. The summed E-state index contributed by atoms with van der Waals surface area (Å²) in [6.45, 7) is 0.630. The van der Waals surface area contributed by atoms with Gasteiger partial charge < -0.3 is 10.4 Å². The molecule has 134 valence electrons. The van der Waals surface area contributed by atoms with Crippen molar-refractivity contribution in [3.63, 3.8) is 0 Å². The Hall–Kier alpha value is -3.81. The molecule has 4 aromatic rings. The van der Waals surface area contributed by atoms with Gasteiger partial charge in [0.2, 0.25) is 11.7 Å². The average molecular weight is 360 g/mol. The summed E-state index contributed by atoms with van der Waals surface area (Å²) in [7, 11) is 0. The van der Waals surface area contributed by atoms with E-state index < -0.39 is 5.97 Å². The van der Waals surface area contributed by atoms with Gasteiger partial charge in [-0.25, -0.2) is 24.7 Å². The predicted molar refractivity (Wildman–Crippen MR) is 99.6 cm³/mol. The van der Waals surface area contributed by atoms with Gasteiger partial charge in [-0.05, 0) is 36.2 Å². The third-order valence-electron chi connectivity index (χ3n) is 4.10. The number of aromatic nitrogens is 5. The third-order valence-corrected chi connectivity index (χ3v) is 4.10. The van der Waals surface area contributed by atoms with Crippen molar-refractivity contribution in [1.82, 2.24) is 24.3 Å². The topological polar surface area (TPSA) is 105 Å². The minimum atomic E-state index is -0.924. The van der Waals surface area contributed by atoms with Crippen molar-refractivity contribution in [2.24, 2.45) is 0 Å². The number of aromatic carboxylic acids is 1. The number of carbonyl (C=O) groups is 1. The summed E-state index contributed by atoms with van der Waals surface area (Å²) < 4.78 is 1.87. The number of nitrogens with zero attached hydrogens (tertiary/aromatic N) is 5. The van der Waals surface area contributed by atoms with Crippen molar-refractivity contribution in [2.45, 2.75) is 6.42 Å². The van der Waals surface area contributed by atoms with Crippen molar-refractivity contribution >= 4 is 17.7 Å². The van der Waals surface area contributed by atoms with Crippen LogP contribution in [0.4, 0.5) is 5.95 Å². The van der Waals surface area contributed by atoms with Gasteiger partial charge in [-0.15, -0.1) is 0 Å². The Balaban J connectivity index is 1.44. The lowest BCUT2D eigenvalue weighted by molar-refractivity contribution is 0.0697. The number of benzene rings is 1. The Morgan fingerprint density at radius 2 is 1.93 bits per heavy atom. The number of nitrogens with one attached hydrogen (secondary N) is 1. The van der Waals surface area contributed by atoms with E-state index in [0.29, 0.717) is 18.3 Å². The molecule has 3 aromatic heterocycles. The van der Waals surface area contributed by atoms with Crippen LogP contribution < -0.4 is 5.32 Å². The van der Waals surface area contributed by atoms with Crippen LogP contribution in [0.3, 0.4) is 0 Å². The molecule has 0 saturated heterocycles. The van der Waals surface area contributed by atoms with Gasteiger partial charge in [0.15, 0.2) is 0 Å². The van der Waals surface area contributed by atoms with Gasteiger partial charge in [0.05, 0.1) is 23.1 Å². The van der Waals surface area contributed by atoms with E-state index in [1.807, 2.05) is 34.9 Å². The van der Waals surface area contributed by atoms with Gasteiger partial charge in [-0.1, -0.05) is 12.1 Å². The average Bonchev–Trinajstić information content (AvgIpc) is 3.13. The molecule has 0 aliphatic heterocycles. The first kappa shape index (κ1) is 16.6. The van der Waals surface area contributed by atoms with Gasteiger partial charge in [-0.2, -0.15) is 0 Å². The lowest BCUT2D eigenvalue weighted by Gasteiger charge is -2.07. The third kappa shape index (κ3) is 3.59. The molecule has 0 aliphatic rings. The maximum absolute atomic E-state index is 10.9. The van der Waals surface area contributed by atoms with Crippen molar-refractivity contribution in [3.05, 3.63) is 72.3 Å². The Morgan fingerprint density at radius 3 is 2.74 bits per heavy atom. The molecule has 8 heteroatoms. The first-order chi connectivity index (χ1) is 13.2. The molecule has 0 fully saturated rings. The second-order valence-electron chi connectivity index (χ2n) is 5.88. The second kappa shape index (κ2) is 7.20. The fourth-order valence-corrected chi connectivity index (χ4v) is 2.74. The van der Waals surface area contributed by atoms with Crippen molar-refractivity contribution < 1.29 is 9.90 Å². The lowest BCUT2D eigenvalue weighted by Crippen LogP contribution is -2.08. The highest BCUT2D eigenvalue weighted by Gasteiger charge is 2.09. The zero-order valence-corrected chi connectivity index (χ0v) is 14.3. The summed E-state index contributed by atoms with van der Waals surface area (Å²) >= 11 is 0. The Bertz CT molecular complexity index is 1090. The maximum Gasteiger partial charge on any atom is 0.335 e. The minimum absolute atomic E-state index is 0.283. The monoisotopic (exact) mass is 360 g/mol. The van der Waals surface area contributed by atoms with E-state index in [0.717, 1.165) is 23.4 Å². The Labute approximate surface area is 154 Å². The number of imidazole rings is 1. The van der Waals surface area contributed by atoms with E-state index in [-0.39, 0.29) is 5.56 Å². The molecule has 0 saturated carbocycles.